The van der Waals surface area contributed by atoms with Crippen LogP contribution in [0.15, 0.2) is 24.3 Å². The van der Waals surface area contributed by atoms with Gasteiger partial charge in [0.05, 0.1) is 0 Å². The Balaban J connectivity index is 2.59. The summed E-state index contributed by atoms with van der Waals surface area (Å²) in [5, 5.41) is 3.54. The number of halogens is 1. The summed E-state index contributed by atoms with van der Waals surface area (Å²) in [6.45, 7) is 7.86. The quantitative estimate of drug-likeness (QED) is 0.815. The highest BCUT2D eigenvalue weighted by Crippen LogP contribution is 2.20. The van der Waals surface area contributed by atoms with E-state index in [4.69, 9.17) is 0 Å². The minimum atomic E-state index is 0.546. The lowest BCUT2D eigenvalue weighted by molar-refractivity contribution is 0.481. The second-order valence-electron chi connectivity index (χ2n) is 4.08. The molecule has 1 N–H and O–H groups in total. The number of nitrogens with one attached hydrogen (secondary N) is 1. The molecule has 2 atom stereocenters. The normalized spacial score (nSPS) is 14.9. The van der Waals surface area contributed by atoms with Crippen molar-refractivity contribution in [3.63, 3.8) is 0 Å². The van der Waals surface area contributed by atoms with Gasteiger partial charge in [-0.05, 0) is 66.1 Å². The average Bonchev–Trinajstić information content (AvgIpc) is 2.26. The Morgan fingerprint density at radius 3 is 2.33 bits per heavy atom. The van der Waals surface area contributed by atoms with Crippen molar-refractivity contribution in [3.8, 4) is 0 Å². The Kier molecular flexibility index (Phi) is 5.61. The third-order valence-electron chi connectivity index (χ3n) is 2.86. The van der Waals surface area contributed by atoms with E-state index in [1.165, 1.54) is 15.6 Å². The molecule has 0 aliphatic rings. The molecule has 0 saturated heterocycles. The van der Waals surface area contributed by atoms with Gasteiger partial charge in [-0.15, -0.1) is 0 Å². The van der Waals surface area contributed by atoms with Crippen LogP contribution in [0.2, 0.25) is 0 Å². The molecule has 1 nitrogen and oxygen atoms in total. The van der Waals surface area contributed by atoms with Gasteiger partial charge in [-0.1, -0.05) is 26.0 Å². The number of benzene rings is 1. The van der Waals surface area contributed by atoms with Gasteiger partial charge in [0.1, 0.15) is 0 Å². The highest BCUT2D eigenvalue weighted by Gasteiger charge is 2.12. The fourth-order valence-electron chi connectivity index (χ4n) is 1.60. The van der Waals surface area contributed by atoms with Crippen molar-refractivity contribution in [2.24, 2.45) is 0 Å². The van der Waals surface area contributed by atoms with E-state index < -0.39 is 0 Å². The van der Waals surface area contributed by atoms with Crippen LogP contribution >= 0.6 is 22.6 Å². The van der Waals surface area contributed by atoms with Crippen LogP contribution in [0.1, 0.15) is 38.7 Å². The third-order valence-corrected chi connectivity index (χ3v) is 3.58. The van der Waals surface area contributed by atoms with Crippen LogP contribution in [-0.2, 0) is 0 Å². The Morgan fingerprint density at radius 2 is 1.80 bits per heavy atom. The molecular formula is C13H20IN. The van der Waals surface area contributed by atoms with Gasteiger partial charge in [0.25, 0.3) is 0 Å². The van der Waals surface area contributed by atoms with E-state index in [9.17, 15) is 0 Å². The molecule has 1 aromatic carbocycles. The summed E-state index contributed by atoms with van der Waals surface area (Å²) in [5.74, 6) is 0.577. The van der Waals surface area contributed by atoms with Crippen LogP contribution in [0, 0.1) is 3.57 Å². The van der Waals surface area contributed by atoms with E-state index in [-0.39, 0.29) is 0 Å². The van der Waals surface area contributed by atoms with Crippen molar-refractivity contribution in [1.82, 2.24) is 5.32 Å². The first-order chi connectivity index (χ1) is 7.15. The molecule has 0 saturated carbocycles. The molecule has 0 aliphatic heterocycles. The van der Waals surface area contributed by atoms with E-state index in [0.29, 0.717) is 12.0 Å². The summed E-state index contributed by atoms with van der Waals surface area (Å²) >= 11 is 2.34. The zero-order valence-electron chi connectivity index (χ0n) is 9.76. The second kappa shape index (κ2) is 6.48. The van der Waals surface area contributed by atoms with E-state index in [1.54, 1.807) is 0 Å². The molecule has 0 spiro atoms. The summed E-state index contributed by atoms with van der Waals surface area (Å²) < 4.78 is 1.30. The molecule has 1 rings (SSSR count). The van der Waals surface area contributed by atoms with Gasteiger partial charge in [-0.3, -0.25) is 0 Å². The summed E-state index contributed by atoms with van der Waals surface area (Å²) in [7, 11) is 0. The van der Waals surface area contributed by atoms with Crippen molar-refractivity contribution in [3.05, 3.63) is 33.4 Å². The predicted octanol–water partition coefficient (Wildman–Crippen LogP) is 3.78. The number of hydrogen-bond acceptors (Lipinski definition) is 1. The molecule has 0 aliphatic carbocycles. The van der Waals surface area contributed by atoms with Gasteiger partial charge in [0, 0.05) is 9.61 Å². The molecule has 1 aromatic rings. The molecular weight excluding hydrogens is 297 g/mol. The molecule has 0 heterocycles. The molecule has 15 heavy (non-hydrogen) atoms. The molecule has 0 aromatic heterocycles. The minimum Gasteiger partial charge on any atom is -0.314 e. The minimum absolute atomic E-state index is 0.546. The van der Waals surface area contributed by atoms with Crippen molar-refractivity contribution < 1.29 is 0 Å². The maximum atomic E-state index is 3.54. The van der Waals surface area contributed by atoms with E-state index in [2.05, 4.69) is 72.9 Å². The lowest BCUT2D eigenvalue weighted by Crippen LogP contribution is -2.31. The molecule has 2 unspecified atom stereocenters. The fraction of sp³-hybridized carbons (Fsp3) is 0.538. The summed E-state index contributed by atoms with van der Waals surface area (Å²) in [6.07, 6.45) is 1.20. The SMILES string of the molecule is CCCNC(C)C(C)c1ccc(I)cc1. The Labute approximate surface area is 107 Å². The van der Waals surface area contributed by atoms with Crippen molar-refractivity contribution in [1.29, 1.82) is 0 Å². The summed E-state index contributed by atoms with van der Waals surface area (Å²) in [6, 6.07) is 9.37. The summed E-state index contributed by atoms with van der Waals surface area (Å²) in [4.78, 5) is 0. The van der Waals surface area contributed by atoms with Crippen LogP contribution in [0.25, 0.3) is 0 Å². The smallest absolute Gasteiger partial charge is 0.0130 e. The molecule has 0 fully saturated rings. The topological polar surface area (TPSA) is 12.0 Å². The number of rotatable bonds is 5. The van der Waals surface area contributed by atoms with Crippen LogP contribution < -0.4 is 5.32 Å². The molecule has 0 bridgehead atoms. The van der Waals surface area contributed by atoms with Crippen molar-refractivity contribution in [2.75, 3.05) is 6.54 Å². The van der Waals surface area contributed by atoms with Crippen molar-refractivity contribution >= 4 is 22.6 Å². The van der Waals surface area contributed by atoms with Crippen LogP contribution in [0.5, 0.6) is 0 Å². The maximum Gasteiger partial charge on any atom is 0.0130 e. The van der Waals surface area contributed by atoms with Gasteiger partial charge in [-0.25, -0.2) is 0 Å². The molecule has 2 heteroatoms. The monoisotopic (exact) mass is 317 g/mol. The Morgan fingerprint density at radius 1 is 1.20 bits per heavy atom. The lowest BCUT2D eigenvalue weighted by atomic mass is 9.94. The molecule has 84 valence electrons. The van der Waals surface area contributed by atoms with Gasteiger partial charge in [0.2, 0.25) is 0 Å². The third kappa shape index (κ3) is 4.11. The van der Waals surface area contributed by atoms with Crippen LogP contribution in [0.4, 0.5) is 0 Å². The fourth-order valence-corrected chi connectivity index (χ4v) is 1.96. The first-order valence-electron chi connectivity index (χ1n) is 5.64. The van der Waals surface area contributed by atoms with Gasteiger partial charge < -0.3 is 5.32 Å². The van der Waals surface area contributed by atoms with Gasteiger partial charge in [-0.2, -0.15) is 0 Å². The predicted molar refractivity (Wildman–Crippen MR) is 75.3 cm³/mol. The van der Waals surface area contributed by atoms with Crippen molar-refractivity contribution in [2.45, 2.75) is 39.2 Å². The first kappa shape index (κ1) is 13.0. The second-order valence-corrected chi connectivity index (χ2v) is 5.33. The van der Waals surface area contributed by atoms with E-state index in [1.807, 2.05) is 0 Å². The zero-order chi connectivity index (χ0) is 11.3. The number of hydrogen-bond donors (Lipinski definition) is 1. The molecule has 0 amide bonds. The van der Waals surface area contributed by atoms with E-state index >= 15 is 0 Å². The van der Waals surface area contributed by atoms with E-state index in [0.717, 1.165) is 6.54 Å². The largest absolute Gasteiger partial charge is 0.314 e. The molecule has 0 radical (unpaired) electrons. The first-order valence-corrected chi connectivity index (χ1v) is 6.72. The Bertz CT molecular complexity index is 281. The highest BCUT2D eigenvalue weighted by molar-refractivity contribution is 14.1. The lowest BCUT2D eigenvalue weighted by Gasteiger charge is -2.21. The van der Waals surface area contributed by atoms with Crippen LogP contribution in [-0.4, -0.2) is 12.6 Å². The maximum absolute atomic E-state index is 3.54. The standard InChI is InChI=1S/C13H20IN/c1-4-9-15-11(3)10(2)12-5-7-13(14)8-6-12/h5-8,10-11,15H,4,9H2,1-3H3. The van der Waals surface area contributed by atoms with Crippen LogP contribution in [0.3, 0.4) is 0 Å². The Hall–Kier alpha value is -0.0900. The van der Waals surface area contributed by atoms with Gasteiger partial charge >= 0.3 is 0 Å². The zero-order valence-corrected chi connectivity index (χ0v) is 11.9. The van der Waals surface area contributed by atoms with Gasteiger partial charge in [0.15, 0.2) is 0 Å². The summed E-state index contributed by atoms with van der Waals surface area (Å²) in [5.41, 5.74) is 1.42. The highest BCUT2D eigenvalue weighted by atomic mass is 127. The average molecular weight is 317 g/mol.